The van der Waals surface area contributed by atoms with Crippen LogP contribution in [0.25, 0.3) is 11.4 Å². The minimum Gasteiger partial charge on any atom is -0.339 e. The molecule has 2 aromatic carbocycles. The Morgan fingerprint density at radius 3 is 2.24 bits per heavy atom. The molecule has 3 aromatic rings. The number of nitrogens with one attached hydrogen (secondary N) is 1. The Morgan fingerprint density at radius 1 is 0.971 bits per heavy atom. The molecule has 0 radical (unpaired) electrons. The van der Waals surface area contributed by atoms with Gasteiger partial charge in [-0.1, -0.05) is 60.2 Å². The summed E-state index contributed by atoms with van der Waals surface area (Å²) in [6, 6.07) is 17.9. The van der Waals surface area contributed by atoms with E-state index in [1.165, 1.54) is 5.56 Å². The predicted molar refractivity (Wildman–Crippen MR) is 135 cm³/mol. The molecule has 2 heterocycles. The number of H-pyrrole nitrogens is 1. The first kappa shape index (κ1) is 23.9. The maximum absolute atomic E-state index is 13.2. The van der Waals surface area contributed by atoms with Crippen LogP contribution in [0, 0.1) is 11.7 Å². The first-order valence-corrected chi connectivity index (χ1v) is 12.0. The second kappa shape index (κ2) is 9.93. The number of benzene rings is 2. The number of carbonyl (C=O) groups excluding carboxylic acids is 2. The topological polar surface area (TPSA) is 74.2 Å². The number of hydrogen-bond acceptors (Lipinski definition) is 4. The normalized spacial score (nSPS) is 14.3. The standard InChI is InChI=1S/C26H31N5O2S/c1-19-9-11-20(12-10-19)23-27-28-25(34)31(23)14-13-22(32)29-15-17-30(18-16-29)24(33)26(2,3)21-7-5-4-6-8-21/h4-12H,13-18H2,1-3H3,(H,28,34). The van der Waals surface area contributed by atoms with E-state index in [4.69, 9.17) is 12.2 Å². The first-order chi connectivity index (χ1) is 16.3. The highest BCUT2D eigenvalue weighted by atomic mass is 32.1. The Balaban J connectivity index is 1.34. The second-order valence-electron chi connectivity index (χ2n) is 9.28. The van der Waals surface area contributed by atoms with Crippen molar-refractivity contribution in [3.05, 3.63) is 70.5 Å². The van der Waals surface area contributed by atoms with Crippen molar-refractivity contribution in [3.8, 4) is 11.4 Å². The number of aryl methyl sites for hydroxylation is 1. The summed E-state index contributed by atoms with van der Waals surface area (Å²) in [5, 5.41) is 7.21. The van der Waals surface area contributed by atoms with Gasteiger partial charge in [0, 0.05) is 44.7 Å². The van der Waals surface area contributed by atoms with Crippen LogP contribution in [0.4, 0.5) is 0 Å². The Hall–Kier alpha value is -3.26. The van der Waals surface area contributed by atoms with Gasteiger partial charge in [-0.2, -0.15) is 5.10 Å². The van der Waals surface area contributed by atoms with Crippen molar-refractivity contribution < 1.29 is 9.59 Å². The molecular weight excluding hydrogens is 446 g/mol. The van der Waals surface area contributed by atoms with Crippen molar-refractivity contribution >= 4 is 24.0 Å². The molecule has 0 saturated carbocycles. The molecule has 7 nitrogen and oxygen atoms in total. The van der Waals surface area contributed by atoms with Gasteiger partial charge in [-0.15, -0.1) is 0 Å². The number of rotatable bonds is 6. The van der Waals surface area contributed by atoms with E-state index in [2.05, 4.69) is 10.2 Å². The summed E-state index contributed by atoms with van der Waals surface area (Å²) in [6.07, 6.45) is 0.330. The van der Waals surface area contributed by atoms with Crippen molar-refractivity contribution in [2.24, 2.45) is 0 Å². The maximum Gasteiger partial charge on any atom is 0.232 e. The van der Waals surface area contributed by atoms with Crippen molar-refractivity contribution in [2.75, 3.05) is 26.2 Å². The van der Waals surface area contributed by atoms with Crippen LogP contribution >= 0.6 is 12.2 Å². The number of aromatic nitrogens is 3. The third kappa shape index (κ3) is 4.97. The molecule has 0 bridgehead atoms. The Kier molecular flexibility index (Phi) is 6.97. The fraction of sp³-hybridized carbons (Fsp3) is 0.385. The molecule has 8 heteroatoms. The van der Waals surface area contributed by atoms with Crippen LogP contribution < -0.4 is 0 Å². The minimum absolute atomic E-state index is 0.0624. The highest BCUT2D eigenvalue weighted by molar-refractivity contribution is 7.71. The zero-order valence-electron chi connectivity index (χ0n) is 20.0. The molecule has 0 atom stereocenters. The number of carbonyl (C=O) groups is 2. The fourth-order valence-corrected chi connectivity index (χ4v) is 4.57. The zero-order chi connectivity index (χ0) is 24.3. The van der Waals surface area contributed by atoms with Crippen molar-refractivity contribution in [2.45, 2.75) is 39.2 Å². The molecule has 1 aliphatic rings. The van der Waals surface area contributed by atoms with Gasteiger partial charge in [0.15, 0.2) is 10.6 Å². The first-order valence-electron chi connectivity index (χ1n) is 11.6. The molecule has 34 heavy (non-hydrogen) atoms. The van der Waals surface area contributed by atoms with Crippen molar-refractivity contribution in [1.29, 1.82) is 0 Å². The van der Waals surface area contributed by atoms with Crippen LogP contribution in [-0.4, -0.2) is 62.6 Å². The lowest BCUT2D eigenvalue weighted by Gasteiger charge is -2.39. The van der Waals surface area contributed by atoms with E-state index >= 15 is 0 Å². The second-order valence-corrected chi connectivity index (χ2v) is 9.67. The minimum atomic E-state index is -0.600. The average Bonchev–Trinajstić information content (AvgIpc) is 3.23. The molecule has 1 N–H and O–H groups in total. The van der Waals surface area contributed by atoms with E-state index in [1.807, 2.05) is 89.7 Å². The zero-order valence-corrected chi connectivity index (χ0v) is 20.8. The van der Waals surface area contributed by atoms with E-state index in [9.17, 15) is 9.59 Å². The SMILES string of the molecule is Cc1ccc(-c2n[nH]c(=S)n2CCC(=O)N2CCN(C(=O)C(C)(C)c3ccccc3)CC2)cc1. The molecule has 0 unspecified atom stereocenters. The van der Waals surface area contributed by atoms with Gasteiger partial charge in [0.05, 0.1) is 5.41 Å². The van der Waals surface area contributed by atoms with Gasteiger partial charge in [0.25, 0.3) is 0 Å². The third-order valence-electron chi connectivity index (χ3n) is 6.57. The summed E-state index contributed by atoms with van der Waals surface area (Å²) in [6.45, 7) is 8.58. The van der Waals surface area contributed by atoms with E-state index < -0.39 is 5.41 Å². The third-order valence-corrected chi connectivity index (χ3v) is 6.88. The molecule has 1 saturated heterocycles. The number of aromatic amines is 1. The van der Waals surface area contributed by atoms with Gasteiger partial charge in [0.2, 0.25) is 11.8 Å². The molecule has 2 amide bonds. The van der Waals surface area contributed by atoms with Crippen LogP contribution in [0.3, 0.4) is 0 Å². The molecule has 178 valence electrons. The van der Waals surface area contributed by atoms with E-state index in [1.54, 1.807) is 0 Å². The highest BCUT2D eigenvalue weighted by Gasteiger charge is 2.35. The summed E-state index contributed by atoms with van der Waals surface area (Å²) in [5.41, 5.74) is 2.53. The van der Waals surface area contributed by atoms with E-state index in [0.717, 1.165) is 17.0 Å². The van der Waals surface area contributed by atoms with Crippen LogP contribution in [-0.2, 0) is 21.5 Å². The number of piperazine rings is 1. The lowest BCUT2D eigenvalue weighted by molar-refractivity contribution is -0.142. The molecule has 1 aromatic heterocycles. The highest BCUT2D eigenvalue weighted by Crippen LogP contribution is 2.26. The quantitative estimate of drug-likeness (QED) is 0.546. The summed E-state index contributed by atoms with van der Waals surface area (Å²) in [7, 11) is 0. The van der Waals surface area contributed by atoms with Crippen molar-refractivity contribution in [1.82, 2.24) is 24.6 Å². The summed E-state index contributed by atoms with van der Waals surface area (Å²) in [4.78, 5) is 29.9. The molecular formula is C26H31N5O2S. The lowest BCUT2D eigenvalue weighted by Crippen LogP contribution is -2.54. The Morgan fingerprint density at radius 2 is 1.59 bits per heavy atom. The monoisotopic (exact) mass is 477 g/mol. The summed E-state index contributed by atoms with van der Waals surface area (Å²) >= 11 is 5.40. The predicted octanol–water partition coefficient (Wildman–Crippen LogP) is 3.95. The van der Waals surface area contributed by atoms with Crippen LogP contribution in [0.15, 0.2) is 54.6 Å². The van der Waals surface area contributed by atoms with Crippen LogP contribution in [0.2, 0.25) is 0 Å². The van der Waals surface area contributed by atoms with Gasteiger partial charge in [-0.05, 0) is 38.6 Å². The van der Waals surface area contributed by atoms with E-state index in [-0.39, 0.29) is 11.8 Å². The van der Waals surface area contributed by atoms with Gasteiger partial charge < -0.3 is 9.80 Å². The largest absolute Gasteiger partial charge is 0.339 e. The average molecular weight is 478 g/mol. The summed E-state index contributed by atoms with van der Waals surface area (Å²) in [5.74, 6) is 0.891. The Labute approximate surface area is 205 Å². The molecule has 1 fully saturated rings. The van der Waals surface area contributed by atoms with Gasteiger partial charge in [-0.25, -0.2) is 0 Å². The van der Waals surface area contributed by atoms with Crippen LogP contribution in [0.5, 0.6) is 0 Å². The van der Waals surface area contributed by atoms with Crippen LogP contribution in [0.1, 0.15) is 31.4 Å². The number of hydrogen-bond donors (Lipinski definition) is 1. The van der Waals surface area contributed by atoms with E-state index in [0.29, 0.717) is 43.9 Å². The Bertz CT molecular complexity index is 1210. The van der Waals surface area contributed by atoms with Crippen molar-refractivity contribution in [3.63, 3.8) is 0 Å². The molecule has 4 rings (SSSR count). The summed E-state index contributed by atoms with van der Waals surface area (Å²) < 4.78 is 2.38. The molecule has 0 spiro atoms. The lowest BCUT2D eigenvalue weighted by atomic mass is 9.83. The van der Waals surface area contributed by atoms with Gasteiger partial charge in [0.1, 0.15) is 0 Å². The number of amides is 2. The molecule has 1 aliphatic heterocycles. The number of nitrogens with zero attached hydrogens (tertiary/aromatic N) is 4. The smallest absolute Gasteiger partial charge is 0.232 e. The maximum atomic E-state index is 13.2. The fourth-order valence-electron chi connectivity index (χ4n) is 4.35. The molecule has 0 aliphatic carbocycles. The van der Waals surface area contributed by atoms with Gasteiger partial charge >= 0.3 is 0 Å². The van der Waals surface area contributed by atoms with Gasteiger partial charge in [-0.3, -0.25) is 19.3 Å².